The Hall–Kier alpha value is -2.11. The lowest BCUT2D eigenvalue weighted by atomic mass is 10.2. The monoisotopic (exact) mass is 209 g/mol. The van der Waals surface area contributed by atoms with Gasteiger partial charge < -0.3 is 15.6 Å². The van der Waals surface area contributed by atoms with Crippen molar-refractivity contribution in [2.45, 2.75) is 0 Å². The predicted octanol–water partition coefficient (Wildman–Crippen LogP) is -0.824. The minimum absolute atomic E-state index is 0.216. The van der Waals surface area contributed by atoms with Crippen molar-refractivity contribution in [1.82, 2.24) is 9.88 Å². The van der Waals surface area contributed by atoms with Crippen LogP contribution in [0.2, 0.25) is 0 Å². The van der Waals surface area contributed by atoms with Crippen LogP contribution < -0.4 is 11.3 Å². The summed E-state index contributed by atoms with van der Waals surface area (Å²) in [6.07, 6.45) is 1.25. The number of hydrogen-bond donors (Lipinski definition) is 2. The second kappa shape index (κ2) is 3.95. The molecule has 0 radical (unpaired) electrons. The Balaban J connectivity index is 3.25. The van der Waals surface area contributed by atoms with Crippen molar-refractivity contribution < 1.29 is 9.59 Å². The minimum atomic E-state index is -0.857. The number of nitrogens with zero attached hydrogens (tertiary/aromatic N) is 1. The summed E-state index contributed by atoms with van der Waals surface area (Å²) in [5.74, 6) is -1.17. The zero-order valence-corrected chi connectivity index (χ0v) is 8.40. The van der Waals surface area contributed by atoms with E-state index in [0.717, 1.165) is 0 Å². The molecule has 0 fully saturated rings. The number of amides is 2. The van der Waals surface area contributed by atoms with E-state index in [9.17, 15) is 14.4 Å². The van der Waals surface area contributed by atoms with Gasteiger partial charge in [-0.15, -0.1) is 0 Å². The molecule has 0 spiro atoms. The Morgan fingerprint density at radius 1 is 1.40 bits per heavy atom. The highest BCUT2D eigenvalue weighted by Gasteiger charge is 2.13. The third-order valence-corrected chi connectivity index (χ3v) is 1.82. The molecular weight excluding hydrogens is 198 g/mol. The molecule has 0 bridgehead atoms. The van der Waals surface area contributed by atoms with Gasteiger partial charge in [0.2, 0.25) is 0 Å². The van der Waals surface area contributed by atoms with E-state index in [1.807, 2.05) is 0 Å². The summed E-state index contributed by atoms with van der Waals surface area (Å²) in [6.45, 7) is 0. The van der Waals surface area contributed by atoms with Crippen molar-refractivity contribution in [3.63, 3.8) is 0 Å². The van der Waals surface area contributed by atoms with E-state index < -0.39 is 11.5 Å². The maximum absolute atomic E-state index is 11.5. The molecule has 6 heteroatoms. The zero-order valence-electron chi connectivity index (χ0n) is 8.40. The van der Waals surface area contributed by atoms with Crippen molar-refractivity contribution >= 4 is 11.8 Å². The number of hydrogen-bond acceptors (Lipinski definition) is 3. The summed E-state index contributed by atoms with van der Waals surface area (Å²) < 4.78 is 0. The lowest BCUT2D eigenvalue weighted by Gasteiger charge is -2.09. The van der Waals surface area contributed by atoms with E-state index in [4.69, 9.17) is 5.73 Å². The van der Waals surface area contributed by atoms with Gasteiger partial charge in [0, 0.05) is 20.3 Å². The van der Waals surface area contributed by atoms with Crippen LogP contribution in [0.3, 0.4) is 0 Å². The molecule has 2 amide bonds. The number of rotatable bonds is 2. The second-order valence-electron chi connectivity index (χ2n) is 3.19. The highest BCUT2D eigenvalue weighted by Crippen LogP contribution is 2.01. The van der Waals surface area contributed by atoms with Crippen LogP contribution in [0, 0.1) is 0 Å². The van der Waals surface area contributed by atoms with Crippen LogP contribution in [0.4, 0.5) is 0 Å². The molecular formula is C9H11N3O3. The molecule has 1 rings (SSSR count). The van der Waals surface area contributed by atoms with E-state index in [1.165, 1.54) is 17.2 Å². The van der Waals surface area contributed by atoms with Crippen LogP contribution in [0.15, 0.2) is 17.1 Å². The van der Waals surface area contributed by atoms with Gasteiger partial charge in [0.25, 0.3) is 17.4 Å². The molecule has 1 aromatic heterocycles. The van der Waals surface area contributed by atoms with E-state index in [-0.39, 0.29) is 17.0 Å². The Morgan fingerprint density at radius 2 is 2.00 bits per heavy atom. The first-order valence-electron chi connectivity index (χ1n) is 4.17. The van der Waals surface area contributed by atoms with Crippen LogP contribution >= 0.6 is 0 Å². The van der Waals surface area contributed by atoms with E-state index in [1.54, 1.807) is 14.1 Å². The van der Waals surface area contributed by atoms with E-state index in [0.29, 0.717) is 0 Å². The molecule has 0 aliphatic heterocycles. The van der Waals surface area contributed by atoms with Crippen molar-refractivity contribution in [1.29, 1.82) is 0 Å². The molecule has 3 N–H and O–H groups in total. The maximum Gasteiger partial charge on any atom is 0.260 e. The van der Waals surface area contributed by atoms with E-state index >= 15 is 0 Å². The van der Waals surface area contributed by atoms with E-state index in [2.05, 4.69) is 4.98 Å². The topological polar surface area (TPSA) is 96.3 Å². The molecule has 0 unspecified atom stereocenters. The van der Waals surface area contributed by atoms with Gasteiger partial charge in [0.05, 0.1) is 5.56 Å². The van der Waals surface area contributed by atoms with Gasteiger partial charge in [-0.05, 0) is 6.07 Å². The normalized spacial score (nSPS) is 9.73. The molecule has 0 aliphatic carbocycles. The van der Waals surface area contributed by atoms with Crippen molar-refractivity contribution in [2.24, 2.45) is 5.73 Å². The first-order valence-corrected chi connectivity index (χ1v) is 4.17. The van der Waals surface area contributed by atoms with Crippen molar-refractivity contribution in [2.75, 3.05) is 14.1 Å². The summed E-state index contributed by atoms with van der Waals surface area (Å²) in [5.41, 5.74) is 4.37. The molecule has 80 valence electrons. The molecule has 0 saturated heterocycles. The molecule has 0 aromatic carbocycles. The van der Waals surface area contributed by atoms with Gasteiger partial charge in [-0.25, -0.2) is 0 Å². The fraction of sp³-hybridized carbons (Fsp3) is 0.222. The number of carbonyl (C=O) groups is 2. The largest absolute Gasteiger partial charge is 0.365 e. The molecule has 15 heavy (non-hydrogen) atoms. The van der Waals surface area contributed by atoms with Crippen LogP contribution in [0.5, 0.6) is 0 Å². The van der Waals surface area contributed by atoms with Crippen LogP contribution in [-0.4, -0.2) is 35.8 Å². The first kappa shape index (κ1) is 11.0. The van der Waals surface area contributed by atoms with Crippen LogP contribution in [0.25, 0.3) is 0 Å². The zero-order chi connectivity index (χ0) is 11.6. The smallest absolute Gasteiger partial charge is 0.260 e. The molecule has 0 atom stereocenters. The predicted molar refractivity (Wildman–Crippen MR) is 53.6 cm³/mol. The summed E-state index contributed by atoms with van der Waals surface area (Å²) in [7, 11) is 3.13. The third-order valence-electron chi connectivity index (χ3n) is 1.82. The fourth-order valence-corrected chi connectivity index (χ4v) is 1.05. The second-order valence-corrected chi connectivity index (χ2v) is 3.19. The number of nitrogens with one attached hydrogen (secondary N) is 1. The van der Waals surface area contributed by atoms with Gasteiger partial charge in [-0.3, -0.25) is 14.4 Å². The molecule has 1 heterocycles. The Kier molecular flexibility index (Phi) is 2.89. The van der Waals surface area contributed by atoms with Crippen molar-refractivity contribution in [3.8, 4) is 0 Å². The number of aromatic amines is 1. The number of pyridine rings is 1. The maximum atomic E-state index is 11.5. The summed E-state index contributed by atoms with van der Waals surface area (Å²) in [5, 5.41) is 0. The van der Waals surface area contributed by atoms with Gasteiger partial charge in [-0.2, -0.15) is 0 Å². The molecule has 0 saturated carbocycles. The lowest BCUT2D eigenvalue weighted by Crippen LogP contribution is -2.27. The van der Waals surface area contributed by atoms with Crippen molar-refractivity contribution in [3.05, 3.63) is 33.7 Å². The average Bonchev–Trinajstić information content (AvgIpc) is 2.16. The number of carbonyl (C=O) groups excluding carboxylic acids is 2. The SMILES string of the molecule is CN(C)C(=O)c1c[nH]c(=O)c(C(N)=O)c1. The summed E-state index contributed by atoms with van der Waals surface area (Å²) in [6, 6.07) is 1.18. The quantitative estimate of drug-likeness (QED) is 0.665. The Labute approximate surface area is 85.7 Å². The number of aromatic nitrogens is 1. The molecule has 0 aliphatic rings. The van der Waals surface area contributed by atoms with Crippen LogP contribution in [-0.2, 0) is 0 Å². The third kappa shape index (κ3) is 2.22. The van der Waals surface area contributed by atoms with Gasteiger partial charge in [0.1, 0.15) is 5.56 Å². The Bertz CT molecular complexity index is 462. The molecule has 1 aromatic rings. The standard InChI is InChI=1S/C9H11N3O3/c1-12(2)9(15)5-3-6(7(10)13)8(14)11-4-5/h3-4H,1-2H3,(H2,10,13)(H,11,14). The molecule has 6 nitrogen and oxygen atoms in total. The summed E-state index contributed by atoms with van der Waals surface area (Å²) in [4.78, 5) is 37.1. The lowest BCUT2D eigenvalue weighted by molar-refractivity contribution is 0.0827. The number of nitrogens with two attached hydrogens (primary N) is 1. The highest BCUT2D eigenvalue weighted by atomic mass is 16.2. The first-order chi connectivity index (χ1) is 6.93. The minimum Gasteiger partial charge on any atom is -0.365 e. The number of primary amides is 1. The number of H-pyrrole nitrogens is 1. The van der Waals surface area contributed by atoms with Crippen LogP contribution in [0.1, 0.15) is 20.7 Å². The van der Waals surface area contributed by atoms with Gasteiger partial charge in [-0.1, -0.05) is 0 Å². The average molecular weight is 209 g/mol. The van der Waals surface area contributed by atoms with Gasteiger partial charge in [0.15, 0.2) is 0 Å². The highest BCUT2D eigenvalue weighted by molar-refractivity contribution is 5.98. The fourth-order valence-electron chi connectivity index (χ4n) is 1.05. The Morgan fingerprint density at radius 3 is 2.47 bits per heavy atom. The van der Waals surface area contributed by atoms with Gasteiger partial charge >= 0.3 is 0 Å². The summed E-state index contributed by atoms with van der Waals surface area (Å²) >= 11 is 0.